The van der Waals surface area contributed by atoms with Crippen LogP contribution in [-0.2, 0) is 11.2 Å². The minimum absolute atomic E-state index is 0.00847. The Morgan fingerprint density at radius 3 is 2.80 bits per heavy atom. The van der Waals surface area contributed by atoms with Crippen LogP contribution >= 0.6 is 0 Å². The molecule has 1 unspecified atom stereocenters. The van der Waals surface area contributed by atoms with Crippen molar-refractivity contribution in [1.29, 1.82) is 0 Å². The van der Waals surface area contributed by atoms with E-state index < -0.39 is 0 Å². The topological polar surface area (TPSA) is 74.3 Å². The highest BCUT2D eigenvalue weighted by molar-refractivity contribution is 5.78. The van der Waals surface area contributed by atoms with Gasteiger partial charge in [0.15, 0.2) is 0 Å². The minimum Gasteiger partial charge on any atom is -0.359 e. The molecule has 0 spiro atoms. The summed E-state index contributed by atoms with van der Waals surface area (Å²) in [5, 5.41) is 5.43. The number of nitrogens with zero attached hydrogens (tertiary/aromatic N) is 2. The van der Waals surface area contributed by atoms with Crippen molar-refractivity contribution in [2.75, 3.05) is 20.6 Å². The molecule has 1 aromatic rings. The third kappa shape index (κ3) is 5.69. The Balaban J connectivity index is 2.35. The Morgan fingerprint density at radius 1 is 1.45 bits per heavy atom. The van der Waals surface area contributed by atoms with Crippen LogP contribution in [-0.4, -0.2) is 48.5 Å². The summed E-state index contributed by atoms with van der Waals surface area (Å²) in [6.07, 6.45) is 4.54. The molecule has 0 saturated heterocycles. The number of aromatic nitrogens is 1. The molecule has 0 aromatic carbocycles. The van der Waals surface area contributed by atoms with Gasteiger partial charge in [0.05, 0.1) is 0 Å². The van der Waals surface area contributed by atoms with Crippen molar-refractivity contribution in [2.24, 2.45) is 0 Å². The van der Waals surface area contributed by atoms with Gasteiger partial charge in [-0.3, -0.25) is 9.78 Å². The molecule has 0 aliphatic heterocycles. The van der Waals surface area contributed by atoms with E-state index in [-0.39, 0.29) is 18.0 Å². The van der Waals surface area contributed by atoms with Crippen LogP contribution in [0.1, 0.15) is 18.9 Å². The lowest BCUT2D eigenvalue weighted by Crippen LogP contribution is -2.43. The zero-order valence-electron chi connectivity index (χ0n) is 12.2. The van der Waals surface area contributed by atoms with E-state index >= 15 is 0 Å². The lowest BCUT2D eigenvalue weighted by molar-refractivity contribution is -0.120. The number of amides is 3. The molecule has 3 amide bonds. The maximum atomic E-state index is 11.9. The molecule has 1 rings (SSSR count). The highest BCUT2D eigenvalue weighted by Gasteiger charge is 2.13. The third-order valence-corrected chi connectivity index (χ3v) is 2.93. The number of nitrogens with one attached hydrogen (secondary N) is 2. The van der Waals surface area contributed by atoms with Crippen LogP contribution in [0.5, 0.6) is 0 Å². The highest BCUT2D eigenvalue weighted by Crippen LogP contribution is 2.01. The molecular weight excluding hydrogens is 256 g/mol. The molecule has 0 radical (unpaired) electrons. The van der Waals surface area contributed by atoms with Crippen LogP contribution in [0.25, 0.3) is 0 Å². The largest absolute Gasteiger partial charge is 0.359 e. The van der Waals surface area contributed by atoms with E-state index in [4.69, 9.17) is 0 Å². The monoisotopic (exact) mass is 278 g/mol. The fourth-order valence-electron chi connectivity index (χ4n) is 1.74. The van der Waals surface area contributed by atoms with Gasteiger partial charge < -0.3 is 15.5 Å². The van der Waals surface area contributed by atoms with Gasteiger partial charge in [-0.05, 0) is 25.0 Å². The highest BCUT2D eigenvalue weighted by atomic mass is 16.2. The quantitative estimate of drug-likeness (QED) is 0.808. The second kappa shape index (κ2) is 8.14. The first-order valence-electron chi connectivity index (χ1n) is 6.64. The number of hydrogen-bond acceptors (Lipinski definition) is 3. The molecular formula is C14H22N4O2. The minimum atomic E-state index is -0.176. The maximum Gasteiger partial charge on any atom is 0.317 e. The molecule has 1 aromatic heterocycles. The molecule has 0 fully saturated rings. The predicted octanol–water partition coefficient (Wildman–Crippen LogP) is 0.790. The van der Waals surface area contributed by atoms with Gasteiger partial charge in [-0.1, -0.05) is 6.07 Å². The molecule has 110 valence electrons. The molecule has 0 saturated carbocycles. The number of hydrogen-bond donors (Lipinski definition) is 2. The second-order valence-electron chi connectivity index (χ2n) is 4.76. The Hall–Kier alpha value is -2.11. The van der Waals surface area contributed by atoms with Gasteiger partial charge in [0.25, 0.3) is 0 Å². The van der Waals surface area contributed by atoms with E-state index in [0.717, 1.165) is 12.0 Å². The second-order valence-corrected chi connectivity index (χ2v) is 4.76. The van der Waals surface area contributed by atoms with Crippen molar-refractivity contribution < 1.29 is 9.59 Å². The van der Waals surface area contributed by atoms with Gasteiger partial charge >= 0.3 is 6.03 Å². The lowest BCUT2D eigenvalue weighted by atomic mass is 10.1. The average molecular weight is 278 g/mol. The molecule has 0 bridgehead atoms. The van der Waals surface area contributed by atoms with Crippen LogP contribution in [0.3, 0.4) is 0 Å². The molecule has 0 aliphatic carbocycles. The van der Waals surface area contributed by atoms with Crippen molar-refractivity contribution in [3.05, 3.63) is 30.1 Å². The summed E-state index contributed by atoms with van der Waals surface area (Å²) in [6, 6.07) is 3.68. The molecule has 6 nitrogen and oxygen atoms in total. The number of pyridine rings is 1. The van der Waals surface area contributed by atoms with Gasteiger partial charge in [0.2, 0.25) is 5.91 Å². The van der Waals surface area contributed by atoms with E-state index in [1.54, 1.807) is 26.5 Å². The fraction of sp³-hybridized carbons (Fsp3) is 0.500. The van der Waals surface area contributed by atoms with Gasteiger partial charge in [0, 0.05) is 45.5 Å². The molecule has 0 aliphatic rings. The maximum absolute atomic E-state index is 11.9. The zero-order valence-corrected chi connectivity index (χ0v) is 12.2. The van der Waals surface area contributed by atoms with Crippen molar-refractivity contribution >= 4 is 11.9 Å². The van der Waals surface area contributed by atoms with Gasteiger partial charge in [0.1, 0.15) is 0 Å². The first-order valence-corrected chi connectivity index (χ1v) is 6.64. The SMILES string of the molecule is CNC(=O)CCN(C)C(=O)NC(C)Cc1cccnc1. The predicted molar refractivity (Wildman–Crippen MR) is 77.2 cm³/mol. The summed E-state index contributed by atoms with van der Waals surface area (Å²) in [5.41, 5.74) is 1.08. The van der Waals surface area contributed by atoms with Crippen molar-refractivity contribution in [1.82, 2.24) is 20.5 Å². The smallest absolute Gasteiger partial charge is 0.317 e. The number of carbonyl (C=O) groups is 2. The first-order chi connectivity index (χ1) is 9.52. The van der Waals surface area contributed by atoms with Gasteiger partial charge in [-0.2, -0.15) is 0 Å². The molecule has 1 heterocycles. The first kappa shape index (κ1) is 15.9. The number of carbonyl (C=O) groups excluding carboxylic acids is 2. The fourth-order valence-corrected chi connectivity index (χ4v) is 1.74. The zero-order chi connectivity index (χ0) is 15.0. The van der Waals surface area contributed by atoms with E-state index in [1.807, 2.05) is 19.1 Å². The Kier molecular flexibility index (Phi) is 6.49. The van der Waals surface area contributed by atoms with Gasteiger partial charge in [-0.15, -0.1) is 0 Å². The molecule has 2 N–H and O–H groups in total. The summed E-state index contributed by atoms with van der Waals surface area (Å²) in [5.74, 6) is -0.0759. The van der Waals surface area contributed by atoms with Crippen molar-refractivity contribution in [3.63, 3.8) is 0 Å². The average Bonchev–Trinajstić information content (AvgIpc) is 2.45. The summed E-state index contributed by atoms with van der Waals surface area (Å²) < 4.78 is 0. The summed E-state index contributed by atoms with van der Waals surface area (Å²) in [6.45, 7) is 2.34. The van der Waals surface area contributed by atoms with Crippen LogP contribution in [0.4, 0.5) is 4.79 Å². The van der Waals surface area contributed by atoms with Crippen molar-refractivity contribution in [2.45, 2.75) is 25.8 Å². The third-order valence-electron chi connectivity index (χ3n) is 2.93. The van der Waals surface area contributed by atoms with E-state index in [2.05, 4.69) is 15.6 Å². The normalized spacial score (nSPS) is 11.6. The molecule has 1 atom stereocenters. The van der Waals surface area contributed by atoms with E-state index in [1.165, 1.54) is 4.90 Å². The lowest BCUT2D eigenvalue weighted by Gasteiger charge is -2.21. The number of rotatable bonds is 6. The van der Waals surface area contributed by atoms with Gasteiger partial charge in [-0.25, -0.2) is 4.79 Å². The van der Waals surface area contributed by atoms with Crippen LogP contribution < -0.4 is 10.6 Å². The summed E-state index contributed by atoms with van der Waals surface area (Å²) in [4.78, 5) is 28.6. The summed E-state index contributed by atoms with van der Waals surface area (Å²) in [7, 11) is 3.26. The van der Waals surface area contributed by atoms with E-state index in [0.29, 0.717) is 13.0 Å². The van der Waals surface area contributed by atoms with Crippen LogP contribution in [0.2, 0.25) is 0 Å². The van der Waals surface area contributed by atoms with Crippen molar-refractivity contribution in [3.8, 4) is 0 Å². The van der Waals surface area contributed by atoms with Crippen LogP contribution in [0.15, 0.2) is 24.5 Å². The standard InChI is InChI=1S/C14H22N4O2/c1-11(9-12-5-4-7-16-10-12)17-14(20)18(3)8-6-13(19)15-2/h4-5,7,10-11H,6,8-9H2,1-3H3,(H,15,19)(H,17,20). The number of urea groups is 1. The van der Waals surface area contributed by atoms with Crippen LogP contribution in [0, 0.1) is 0 Å². The Morgan fingerprint density at radius 2 is 2.20 bits per heavy atom. The van der Waals surface area contributed by atoms with E-state index in [9.17, 15) is 9.59 Å². The Bertz CT molecular complexity index is 436. The Labute approximate surface area is 119 Å². The summed E-state index contributed by atoms with van der Waals surface area (Å²) >= 11 is 0. The molecule has 6 heteroatoms. The molecule has 20 heavy (non-hydrogen) atoms.